The molecule has 5 nitrogen and oxygen atoms in total. The van der Waals surface area contributed by atoms with Crippen molar-refractivity contribution >= 4 is 15.6 Å². The van der Waals surface area contributed by atoms with E-state index in [1.54, 1.807) is 11.7 Å². The summed E-state index contributed by atoms with van der Waals surface area (Å²) in [6, 6.07) is 1.84. The highest BCUT2D eigenvalue weighted by Crippen LogP contribution is 2.19. The molecule has 1 heterocycles. The molecule has 0 N–H and O–H groups in total. The van der Waals surface area contributed by atoms with Crippen LogP contribution in [0.2, 0.25) is 0 Å². The van der Waals surface area contributed by atoms with Gasteiger partial charge in [0.2, 0.25) is 0 Å². The second-order valence-electron chi connectivity index (χ2n) is 4.99. The topological polar surface area (TPSA) is 69.0 Å². The van der Waals surface area contributed by atoms with Gasteiger partial charge in [-0.25, -0.2) is 8.42 Å². The molecule has 0 saturated carbocycles. The van der Waals surface area contributed by atoms with E-state index in [9.17, 15) is 13.2 Å². The van der Waals surface area contributed by atoms with Crippen LogP contribution in [-0.2, 0) is 34.5 Å². The quantitative estimate of drug-likeness (QED) is 0.799. The fourth-order valence-corrected chi connectivity index (χ4v) is 1.98. The lowest BCUT2D eigenvalue weighted by Gasteiger charge is -2.20. The number of carbonyl (C=O) groups is 1. The fraction of sp³-hybridized carbons (Fsp3) is 0.667. The Morgan fingerprint density at radius 3 is 2.39 bits per heavy atom. The minimum absolute atomic E-state index is 0.0869. The predicted molar refractivity (Wildman–Crippen MR) is 70.2 cm³/mol. The van der Waals surface area contributed by atoms with Crippen molar-refractivity contribution in [3.8, 4) is 0 Å². The van der Waals surface area contributed by atoms with Crippen LogP contribution >= 0.6 is 0 Å². The average molecular weight is 272 g/mol. The number of ketones is 1. The Kier molecular flexibility index (Phi) is 4.00. The molecule has 0 aliphatic heterocycles. The van der Waals surface area contributed by atoms with Crippen LogP contribution in [0.1, 0.15) is 32.2 Å². The van der Waals surface area contributed by atoms with E-state index in [2.05, 4.69) is 5.10 Å². The lowest BCUT2D eigenvalue weighted by atomic mass is 10.0. The molecule has 0 bridgehead atoms. The average Bonchev–Trinajstić information content (AvgIpc) is 2.58. The largest absolute Gasteiger partial charge is 0.298 e. The van der Waals surface area contributed by atoms with Crippen molar-refractivity contribution in [1.82, 2.24) is 9.78 Å². The van der Waals surface area contributed by atoms with Crippen LogP contribution in [0.4, 0.5) is 0 Å². The molecule has 0 atom stereocenters. The first-order chi connectivity index (χ1) is 8.09. The van der Waals surface area contributed by atoms with Gasteiger partial charge in [-0.3, -0.25) is 9.48 Å². The molecule has 0 amide bonds. The van der Waals surface area contributed by atoms with Crippen LogP contribution in [0.5, 0.6) is 0 Å². The third kappa shape index (κ3) is 2.80. The zero-order chi connectivity index (χ0) is 14.1. The Morgan fingerprint density at radius 1 is 1.44 bits per heavy atom. The molecular weight excluding hydrogens is 252 g/mol. The second-order valence-corrected chi connectivity index (χ2v) is 7.55. The Hall–Kier alpha value is -1.17. The minimum atomic E-state index is -3.41. The maximum atomic E-state index is 12.1. The normalized spacial score (nSPS) is 12.7. The molecule has 0 aromatic carbocycles. The number of Topliss-reactive ketones (excluding diaryl/α,β-unsaturated/α-hetero) is 1. The van der Waals surface area contributed by atoms with Crippen molar-refractivity contribution in [3.05, 3.63) is 17.5 Å². The SMILES string of the molecule is CCc1cc(CC(=O)C(C)(C)S(C)(=O)=O)n(C)n1. The highest BCUT2D eigenvalue weighted by Gasteiger charge is 2.38. The molecule has 0 radical (unpaired) electrons. The van der Waals surface area contributed by atoms with E-state index >= 15 is 0 Å². The first-order valence-corrected chi connectivity index (χ1v) is 7.73. The van der Waals surface area contributed by atoms with E-state index in [-0.39, 0.29) is 12.2 Å². The van der Waals surface area contributed by atoms with Gasteiger partial charge in [0.15, 0.2) is 15.6 Å². The van der Waals surface area contributed by atoms with Crippen molar-refractivity contribution in [1.29, 1.82) is 0 Å². The number of nitrogens with zero attached hydrogens (tertiary/aromatic N) is 2. The van der Waals surface area contributed by atoms with Gasteiger partial charge >= 0.3 is 0 Å². The monoisotopic (exact) mass is 272 g/mol. The van der Waals surface area contributed by atoms with E-state index < -0.39 is 14.6 Å². The molecule has 0 fully saturated rings. The van der Waals surface area contributed by atoms with Gasteiger partial charge in [-0.15, -0.1) is 0 Å². The van der Waals surface area contributed by atoms with Gasteiger partial charge in [0.05, 0.1) is 12.1 Å². The van der Waals surface area contributed by atoms with Crippen molar-refractivity contribution in [3.63, 3.8) is 0 Å². The number of sulfone groups is 1. The number of hydrogen-bond donors (Lipinski definition) is 0. The van der Waals surface area contributed by atoms with Crippen LogP contribution in [0.25, 0.3) is 0 Å². The van der Waals surface area contributed by atoms with Gasteiger partial charge < -0.3 is 0 Å². The van der Waals surface area contributed by atoms with Crippen LogP contribution in [-0.4, -0.2) is 35.0 Å². The standard InChI is InChI=1S/C12H20N2O3S/c1-6-9-7-10(14(4)13-9)8-11(15)12(2,3)18(5,16)17/h7H,6,8H2,1-5H3. The molecule has 18 heavy (non-hydrogen) atoms. The fourth-order valence-electron chi connectivity index (χ4n) is 1.49. The van der Waals surface area contributed by atoms with Gasteiger partial charge in [0, 0.05) is 19.0 Å². The summed E-state index contributed by atoms with van der Waals surface area (Å²) >= 11 is 0. The van der Waals surface area contributed by atoms with Crippen LogP contribution < -0.4 is 0 Å². The lowest BCUT2D eigenvalue weighted by molar-refractivity contribution is -0.120. The van der Waals surface area contributed by atoms with Crippen molar-refractivity contribution in [2.75, 3.05) is 6.26 Å². The van der Waals surface area contributed by atoms with E-state index in [1.807, 2.05) is 13.0 Å². The molecule has 1 aromatic rings. The Balaban J connectivity index is 2.98. The van der Waals surface area contributed by atoms with Gasteiger partial charge in [-0.1, -0.05) is 6.92 Å². The number of rotatable bonds is 5. The van der Waals surface area contributed by atoms with Gasteiger partial charge in [-0.2, -0.15) is 5.10 Å². The summed E-state index contributed by atoms with van der Waals surface area (Å²) in [5, 5.41) is 4.24. The van der Waals surface area contributed by atoms with Crippen molar-refractivity contribution in [2.24, 2.45) is 7.05 Å². The Bertz CT molecular complexity index is 556. The summed E-state index contributed by atoms with van der Waals surface area (Å²) in [5.74, 6) is -0.310. The Morgan fingerprint density at radius 2 is 2.00 bits per heavy atom. The summed E-state index contributed by atoms with van der Waals surface area (Å²) in [6.07, 6.45) is 1.96. The summed E-state index contributed by atoms with van der Waals surface area (Å²) < 4.78 is 23.5. The number of carbonyl (C=O) groups excluding carboxylic acids is 1. The predicted octanol–water partition coefficient (Wildman–Crippen LogP) is 0.917. The summed E-state index contributed by atoms with van der Waals surface area (Å²) in [7, 11) is -1.65. The van der Waals surface area contributed by atoms with Crippen LogP contribution in [0.3, 0.4) is 0 Å². The maximum Gasteiger partial charge on any atom is 0.159 e. The molecule has 6 heteroatoms. The number of aromatic nitrogens is 2. The third-order valence-corrected chi connectivity index (χ3v) is 5.41. The first kappa shape index (κ1) is 14.9. The van der Waals surface area contributed by atoms with Crippen molar-refractivity contribution in [2.45, 2.75) is 38.4 Å². The highest BCUT2D eigenvalue weighted by atomic mass is 32.2. The van der Waals surface area contributed by atoms with Gasteiger partial charge in [-0.05, 0) is 26.3 Å². The second kappa shape index (κ2) is 4.84. The number of aryl methyl sites for hydroxylation is 2. The Labute approximate surface area is 108 Å². The van der Waals surface area contributed by atoms with Gasteiger partial charge in [0.1, 0.15) is 4.75 Å². The zero-order valence-electron chi connectivity index (χ0n) is 11.5. The summed E-state index contributed by atoms with van der Waals surface area (Å²) in [4.78, 5) is 12.1. The first-order valence-electron chi connectivity index (χ1n) is 5.84. The van der Waals surface area contributed by atoms with E-state index in [0.29, 0.717) is 0 Å². The molecule has 0 saturated heterocycles. The maximum absolute atomic E-state index is 12.1. The molecular formula is C12H20N2O3S. The van der Waals surface area contributed by atoms with E-state index in [4.69, 9.17) is 0 Å². The van der Waals surface area contributed by atoms with E-state index in [0.717, 1.165) is 24.1 Å². The third-order valence-electron chi connectivity index (χ3n) is 3.33. The van der Waals surface area contributed by atoms with Crippen LogP contribution in [0, 0.1) is 0 Å². The highest BCUT2D eigenvalue weighted by molar-refractivity contribution is 7.92. The smallest absolute Gasteiger partial charge is 0.159 e. The molecule has 0 aliphatic carbocycles. The molecule has 0 aliphatic rings. The summed E-state index contributed by atoms with van der Waals surface area (Å²) in [6.45, 7) is 4.87. The molecule has 0 unspecified atom stereocenters. The van der Waals surface area contributed by atoms with E-state index in [1.165, 1.54) is 13.8 Å². The lowest BCUT2D eigenvalue weighted by Crippen LogP contribution is -2.41. The zero-order valence-corrected chi connectivity index (χ0v) is 12.3. The summed E-state index contributed by atoms with van der Waals surface area (Å²) in [5.41, 5.74) is 1.64. The number of hydrogen-bond acceptors (Lipinski definition) is 4. The molecule has 1 rings (SSSR count). The molecule has 1 aromatic heterocycles. The molecule has 102 valence electrons. The van der Waals surface area contributed by atoms with Gasteiger partial charge in [0.25, 0.3) is 0 Å². The van der Waals surface area contributed by atoms with Crippen molar-refractivity contribution < 1.29 is 13.2 Å². The minimum Gasteiger partial charge on any atom is -0.298 e. The van der Waals surface area contributed by atoms with Crippen LogP contribution in [0.15, 0.2) is 6.07 Å². The molecule has 0 spiro atoms.